The Morgan fingerprint density at radius 2 is 2.00 bits per heavy atom. The number of fused-ring (bicyclic) bond motifs is 2. The van der Waals surface area contributed by atoms with E-state index in [1.807, 2.05) is 0 Å². The molecule has 0 radical (unpaired) electrons. The summed E-state index contributed by atoms with van der Waals surface area (Å²) >= 11 is 0. The van der Waals surface area contributed by atoms with Crippen molar-refractivity contribution < 1.29 is 4.79 Å². The molecule has 3 heteroatoms. The van der Waals surface area contributed by atoms with E-state index >= 15 is 0 Å². The average Bonchev–Trinajstić information content (AvgIpc) is 2.89. The van der Waals surface area contributed by atoms with Gasteiger partial charge < -0.3 is 4.90 Å². The molecule has 108 valence electrons. The van der Waals surface area contributed by atoms with Crippen LogP contribution in [0, 0.1) is 22.7 Å². The third-order valence-corrected chi connectivity index (χ3v) is 6.15. The van der Waals surface area contributed by atoms with E-state index in [4.69, 9.17) is 0 Å². The van der Waals surface area contributed by atoms with Crippen LogP contribution in [-0.2, 0) is 4.79 Å². The van der Waals surface area contributed by atoms with E-state index in [9.17, 15) is 4.79 Å². The molecule has 0 aromatic carbocycles. The van der Waals surface area contributed by atoms with Gasteiger partial charge in [0.05, 0.1) is 12.7 Å². The van der Waals surface area contributed by atoms with E-state index in [1.165, 1.54) is 19.3 Å². The molecule has 0 spiro atoms. The molecule has 0 aromatic rings. The van der Waals surface area contributed by atoms with Crippen molar-refractivity contribution in [1.29, 1.82) is 0 Å². The molecule has 3 rings (SSSR count). The van der Waals surface area contributed by atoms with Crippen molar-refractivity contribution in [2.75, 3.05) is 6.54 Å². The van der Waals surface area contributed by atoms with Gasteiger partial charge in [0.25, 0.3) is 0 Å². The van der Waals surface area contributed by atoms with Gasteiger partial charge in [-0.25, -0.2) is 0 Å². The quantitative estimate of drug-likeness (QED) is 0.831. The van der Waals surface area contributed by atoms with Gasteiger partial charge in [0.2, 0.25) is 5.91 Å². The molecule has 1 aliphatic heterocycles. The van der Waals surface area contributed by atoms with E-state index in [-0.39, 0.29) is 11.6 Å². The molecule has 2 saturated carbocycles. The minimum absolute atomic E-state index is 0.230. The standard InChI is InChI=1S/C16H28N2O/c1-10(2)13-17-9-12(19)18(13)14-15(3,4)11-6-7-16(14,5)8-11/h10-11,13-14,17H,6-9H2,1-5H3. The zero-order valence-electron chi connectivity index (χ0n) is 13.0. The minimum atomic E-state index is 0.230. The first kappa shape index (κ1) is 13.4. The van der Waals surface area contributed by atoms with Gasteiger partial charge in [-0.05, 0) is 41.9 Å². The van der Waals surface area contributed by atoms with Crippen LogP contribution in [0.15, 0.2) is 0 Å². The highest BCUT2D eigenvalue weighted by molar-refractivity contribution is 5.81. The van der Waals surface area contributed by atoms with Crippen molar-refractivity contribution >= 4 is 5.91 Å². The largest absolute Gasteiger partial charge is 0.322 e. The first-order chi connectivity index (χ1) is 8.77. The summed E-state index contributed by atoms with van der Waals surface area (Å²) in [5, 5.41) is 3.42. The van der Waals surface area contributed by atoms with Crippen LogP contribution in [0.25, 0.3) is 0 Å². The lowest BCUT2D eigenvalue weighted by molar-refractivity contribution is -0.138. The number of amides is 1. The Hall–Kier alpha value is -0.570. The van der Waals surface area contributed by atoms with E-state index in [2.05, 4.69) is 44.8 Å². The highest BCUT2D eigenvalue weighted by atomic mass is 16.2. The summed E-state index contributed by atoms with van der Waals surface area (Å²) in [5.41, 5.74) is 0.602. The van der Waals surface area contributed by atoms with Gasteiger partial charge in [0, 0.05) is 6.04 Å². The Morgan fingerprint density at radius 1 is 1.32 bits per heavy atom. The number of carbonyl (C=O) groups is 1. The van der Waals surface area contributed by atoms with Crippen molar-refractivity contribution in [1.82, 2.24) is 10.2 Å². The van der Waals surface area contributed by atoms with Crippen LogP contribution >= 0.6 is 0 Å². The number of nitrogens with zero attached hydrogens (tertiary/aromatic N) is 1. The van der Waals surface area contributed by atoms with Gasteiger partial charge in [0.1, 0.15) is 0 Å². The monoisotopic (exact) mass is 264 g/mol. The molecule has 0 aromatic heterocycles. The number of hydrogen-bond acceptors (Lipinski definition) is 2. The minimum Gasteiger partial charge on any atom is -0.322 e. The van der Waals surface area contributed by atoms with E-state index in [1.54, 1.807) is 0 Å². The summed E-state index contributed by atoms with van der Waals surface area (Å²) in [4.78, 5) is 14.7. The van der Waals surface area contributed by atoms with Crippen LogP contribution in [-0.4, -0.2) is 29.6 Å². The second-order valence-corrected chi connectivity index (χ2v) is 8.19. The fourth-order valence-electron chi connectivity index (χ4n) is 5.37. The zero-order chi connectivity index (χ0) is 14.0. The van der Waals surface area contributed by atoms with Crippen LogP contribution in [0.2, 0.25) is 0 Å². The first-order valence-electron chi connectivity index (χ1n) is 7.82. The normalized spacial score (nSPS) is 44.6. The van der Waals surface area contributed by atoms with Crippen LogP contribution in [0.4, 0.5) is 0 Å². The molecular formula is C16H28N2O. The number of rotatable bonds is 2. The van der Waals surface area contributed by atoms with Crippen LogP contribution in [0.5, 0.6) is 0 Å². The van der Waals surface area contributed by atoms with Crippen molar-refractivity contribution in [3.8, 4) is 0 Å². The topological polar surface area (TPSA) is 32.3 Å². The summed E-state index contributed by atoms with van der Waals surface area (Å²) in [6.45, 7) is 12.1. The van der Waals surface area contributed by atoms with Crippen molar-refractivity contribution in [3.63, 3.8) is 0 Å². The van der Waals surface area contributed by atoms with Gasteiger partial charge in [-0.1, -0.05) is 34.6 Å². The third-order valence-electron chi connectivity index (χ3n) is 6.15. The highest BCUT2D eigenvalue weighted by Crippen LogP contribution is 2.64. The average molecular weight is 264 g/mol. The fourth-order valence-corrected chi connectivity index (χ4v) is 5.37. The number of nitrogens with one attached hydrogen (secondary N) is 1. The second kappa shape index (κ2) is 3.97. The Bertz CT molecular complexity index is 399. The molecule has 1 N–H and O–H groups in total. The molecular weight excluding hydrogens is 236 g/mol. The van der Waals surface area contributed by atoms with Gasteiger partial charge >= 0.3 is 0 Å². The fraction of sp³-hybridized carbons (Fsp3) is 0.938. The highest BCUT2D eigenvalue weighted by Gasteiger charge is 2.63. The molecule has 19 heavy (non-hydrogen) atoms. The van der Waals surface area contributed by atoms with Crippen LogP contribution in [0.3, 0.4) is 0 Å². The van der Waals surface area contributed by atoms with Crippen molar-refractivity contribution in [2.24, 2.45) is 22.7 Å². The summed E-state index contributed by atoms with van der Waals surface area (Å²) in [7, 11) is 0. The molecule has 3 nitrogen and oxygen atoms in total. The summed E-state index contributed by atoms with van der Waals surface area (Å²) in [5.74, 6) is 1.58. The maximum Gasteiger partial charge on any atom is 0.238 e. The lowest BCUT2D eigenvalue weighted by Gasteiger charge is -2.49. The molecule has 2 aliphatic carbocycles. The molecule has 1 amide bonds. The van der Waals surface area contributed by atoms with Gasteiger partial charge in [-0.2, -0.15) is 0 Å². The molecule has 1 saturated heterocycles. The lowest BCUT2D eigenvalue weighted by Crippen LogP contribution is -2.58. The van der Waals surface area contributed by atoms with E-state index in [0.717, 1.165) is 5.92 Å². The predicted molar refractivity (Wildman–Crippen MR) is 76.5 cm³/mol. The number of hydrogen-bond donors (Lipinski definition) is 1. The molecule has 3 aliphatic rings. The van der Waals surface area contributed by atoms with Crippen LogP contribution < -0.4 is 5.32 Å². The Balaban J connectivity index is 1.98. The lowest BCUT2D eigenvalue weighted by atomic mass is 9.67. The van der Waals surface area contributed by atoms with Gasteiger partial charge in [-0.3, -0.25) is 10.1 Å². The molecule has 4 unspecified atom stereocenters. The smallest absolute Gasteiger partial charge is 0.238 e. The molecule has 4 atom stereocenters. The summed E-state index contributed by atoms with van der Waals surface area (Å²) in [6, 6.07) is 0.411. The van der Waals surface area contributed by atoms with Crippen molar-refractivity contribution in [2.45, 2.75) is 66.1 Å². The Labute approximate surface area is 117 Å². The number of carbonyl (C=O) groups excluding carboxylic acids is 1. The van der Waals surface area contributed by atoms with Crippen molar-refractivity contribution in [3.05, 3.63) is 0 Å². The molecule has 1 heterocycles. The first-order valence-corrected chi connectivity index (χ1v) is 7.82. The predicted octanol–water partition coefficient (Wildman–Crippen LogP) is 2.62. The summed E-state index contributed by atoms with van der Waals surface area (Å²) < 4.78 is 0. The molecule has 3 fully saturated rings. The van der Waals surface area contributed by atoms with Gasteiger partial charge in [-0.15, -0.1) is 0 Å². The van der Waals surface area contributed by atoms with E-state index in [0.29, 0.717) is 29.8 Å². The maximum atomic E-state index is 12.4. The molecule has 2 bridgehead atoms. The second-order valence-electron chi connectivity index (χ2n) is 8.19. The Kier molecular flexibility index (Phi) is 2.80. The van der Waals surface area contributed by atoms with Crippen LogP contribution in [0.1, 0.15) is 53.9 Å². The zero-order valence-corrected chi connectivity index (χ0v) is 13.0. The maximum absolute atomic E-state index is 12.4. The van der Waals surface area contributed by atoms with E-state index < -0.39 is 0 Å². The summed E-state index contributed by atoms with van der Waals surface area (Å²) in [6.07, 6.45) is 4.18. The third kappa shape index (κ3) is 1.70. The van der Waals surface area contributed by atoms with Gasteiger partial charge in [0.15, 0.2) is 0 Å². The Morgan fingerprint density at radius 3 is 2.53 bits per heavy atom. The SMILES string of the molecule is CC(C)C1NCC(=O)N1C1C2(C)CCC(C2)C1(C)C.